The van der Waals surface area contributed by atoms with E-state index in [1.54, 1.807) is 0 Å². The van der Waals surface area contributed by atoms with Crippen LogP contribution >= 0.6 is 0 Å². The fourth-order valence-corrected chi connectivity index (χ4v) is 4.07. The van der Waals surface area contributed by atoms with Gasteiger partial charge in [-0.15, -0.1) is 0 Å². The number of hydrogen-bond donors (Lipinski definition) is 1. The van der Waals surface area contributed by atoms with Crippen molar-refractivity contribution in [1.82, 2.24) is 5.32 Å². The van der Waals surface area contributed by atoms with E-state index in [1.807, 2.05) is 6.92 Å². The molecule has 1 N–H and O–H groups in total. The van der Waals surface area contributed by atoms with Gasteiger partial charge in [0.15, 0.2) is 0 Å². The van der Waals surface area contributed by atoms with Crippen LogP contribution in [0.5, 0.6) is 0 Å². The van der Waals surface area contributed by atoms with Crippen molar-refractivity contribution >= 4 is 15.7 Å². The molecule has 1 atom stereocenters. The van der Waals surface area contributed by atoms with Gasteiger partial charge in [0.2, 0.25) is 5.91 Å². The molecule has 1 amide bonds. The lowest BCUT2D eigenvalue weighted by molar-refractivity contribution is -0.126. The molecule has 0 aromatic carbocycles. The Labute approximate surface area is 110 Å². The second kappa shape index (κ2) is 6.55. The SMILES string of the molecule is CCC(C(=O)NCC1CCS(=O)(=O)CC1)C(C)C. The average Bonchev–Trinajstić information content (AvgIpc) is 2.28. The molecule has 1 aliphatic heterocycles. The van der Waals surface area contributed by atoms with Gasteiger partial charge in [-0.1, -0.05) is 20.8 Å². The lowest BCUT2D eigenvalue weighted by Gasteiger charge is -2.24. The zero-order valence-electron chi connectivity index (χ0n) is 11.6. The van der Waals surface area contributed by atoms with Crippen molar-refractivity contribution in [1.29, 1.82) is 0 Å². The van der Waals surface area contributed by atoms with Crippen molar-refractivity contribution in [2.75, 3.05) is 18.1 Å². The van der Waals surface area contributed by atoms with E-state index < -0.39 is 9.84 Å². The fraction of sp³-hybridized carbons (Fsp3) is 0.923. The van der Waals surface area contributed by atoms with Crippen LogP contribution in [0.2, 0.25) is 0 Å². The first-order chi connectivity index (χ1) is 8.35. The van der Waals surface area contributed by atoms with Gasteiger partial charge in [-0.05, 0) is 31.1 Å². The predicted molar refractivity (Wildman–Crippen MR) is 73.0 cm³/mol. The molecule has 0 saturated carbocycles. The van der Waals surface area contributed by atoms with Gasteiger partial charge in [0.1, 0.15) is 9.84 Å². The van der Waals surface area contributed by atoms with Crippen molar-refractivity contribution in [3.63, 3.8) is 0 Å². The predicted octanol–water partition coefficient (Wildman–Crippen LogP) is 1.61. The Balaban J connectivity index is 2.35. The van der Waals surface area contributed by atoms with Gasteiger partial charge in [0.25, 0.3) is 0 Å². The van der Waals surface area contributed by atoms with Crippen molar-refractivity contribution in [2.45, 2.75) is 40.0 Å². The molecule has 106 valence electrons. The van der Waals surface area contributed by atoms with Crippen LogP contribution in [0.15, 0.2) is 0 Å². The molecule has 0 aliphatic carbocycles. The fourth-order valence-electron chi connectivity index (χ4n) is 2.48. The number of hydrogen-bond acceptors (Lipinski definition) is 3. The zero-order chi connectivity index (χ0) is 13.8. The van der Waals surface area contributed by atoms with Crippen LogP contribution in [0, 0.1) is 17.8 Å². The van der Waals surface area contributed by atoms with E-state index in [4.69, 9.17) is 0 Å². The maximum Gasteiger partial charge on any atom is 0.223 e. The molecule has 18 heavy (non-hydrogen) atoms. The van der Waals surface area contributed by atoms with Crippen molar-refractivity contribution in [3.8, 4) is 0 Å². The van der Waals surface area contributed by atoms with Crippen LogP contribution < -0.4 is 5.32 Å². The highest BCUT2D eigenvalue weighted by Gasteiger charge is 2.25. The Hall–Kier alpha value is -0.580. The first kappa shape index (κ1) is 15.5. The minimum absolute atomic E-state index is 0.0670. The number of carbonyl (C=O) groups is 1. The summed E-state index contributed by atoms with van der Waals surface area (Å²) in [5, 5.41) is 2.98. The molecular formula is C13H25NO3S. The van der Waals surface area contributed by atoms with Crippen LogP contribution in [0.3, 0.4) is 0 Å². The molecule has 1 saturated heterocycles. The van der Waals surface area contributed by atoms with Gasteiger partial charge < -0.3 is 5.32 Å². The van der Waals surface area contributed by atoms with Crippen molar-refractivity contribution < 1.29 is 13.2 Å². The number of carbonyl (C=O) groups excluding carboxylic acids is 1. The van der Waals surface area contributed by atoms with E-state index in [9.17, 15) is 13.2 Å². The Morgan fingerprint density at radius 1 is 1.28 bits per heavy atom. The molecule has 0 spiro atoms. The van der Waals surface area contributed by atoms with Crippen molar-refractivity contribution in [3.05, 3.63) is 0 Å². The van der Waals surface area contributed by atoms with Crippen LogP contribution in [0.25, 0.3) is 0 Å². The normalized spacial score (nSPS) is 21.8. The van der Waals surface area contributed by atoms with E-state index in [-0.39, 0.29) is 23.3 Å². The molecule has 1 aliphatic rings. The highest BCUT2D eigenvalue weighted by molar-refractivity contribution is 7.91. The number of sulfone groups is 1. The zero-order valence-corrected chi connectivity index (χ0v) is 12.4. The van der Waals surface area contributed by atoms with Crippen molar-refractivity contribution in [2.24, 2.45) is 17.8 Å². The Kier molecular flexibility index (Phi) is 5.63. The van der Waals surface area contributed by atoms with Crippen LogP contribution in [-0.2, 0) is 14.6 Å². The van der Waals surface area contributed by atoms with E-state index in [0.29, 0.717) is 31.2 Å². The number of rotatable bonds is 5. The van der Waals surface area contributed by atoms with Gasteiger partial charge in [0.05, 0.1) is 11.5 Å². The average molecular weight is 275 g/mol. The molecule has 1 fully saturated rings. The highest BCUT2D eigenvalue weighted by Crippen LogP contribution is 2.19. The summed E-state index contributed by atoms with van der Waals surface area (Å²) in [5.74, 6) is 1.39. The van der Waals surface area contributed by atoms with Gasteiger partial charge in [-0.2, -0.15) is 0 Å². The molecular weight excluding hydrogens is 250 g/mol. The van der Waals surface area contributed by atoms with Crippen LogP contribution in [-0.4, -0.2) is 32.4 Å². The van der Waals surface area contributed by atoms with Gasteiger partial charge in [0, 0.05) is 12.5 Å². The number of nitrogens with one attached hydrogen (secondary N) is 1. The maximum absolute atomic E-state index is 12.0. The lowest BCUT2D eigenvalue weighted by atomic mass is 9.92. The summed E-state index contributed by atoms with van der Waals surface area (Å²) in [7, 11) is -2.80. The summed E-state index contributed by atoms with van der Waals surface area (Å²) in [6.45, 7) is 6.76. The topological polar surface area (TPSA) is 63.2 Å². The molecule has 0 radical (unpaired) electrons. The van der Waals surface area contributed by atoms with E-state index in [2.05, 4.69) is 19.2 Å². The van der Waals surface area contributed by atoms with Gasteiger partial charge in [-0.3, -0.25) is 4.79 Å². The second-order valence-corrected chi connectivity index (χ2v) is 7.90. The number of amides is 1. The molecule has 1 heterocycles. The molecule has 0 aromatic heterocycles. The monoisotopic (exact) mass is 275 g/mol. The van der Waals surface area contributed by atoms with E-state index in [0.717, 1.165) is 6.42 Å². The minimum Gasteiger partial charge on any atom is -0.356 e. The third kappa shape index (κ3) is 4.59. The summed E-state index contributed by atoms with van der Waals surface area (Å²) in [6, 6.07) is 0. The summed E-state index contributed by atoms with van der Waals surface area (Å²) in [5.41, 5.74) is 0. The van der Waals surface area contributed by atoms with Crippen LogP contribution in [0.1, 0.15) is 40.0 Å². The second-order valence-electron chi connectivity index (χ2n) is 5.60. The summed E-state index contributed by atoms with van der Waals surface area (Å²) in [4.78, 5) is 12.0. The molecule has 0 aromatic rings. The Morgan fingerprint density at radius 3 is 2.28 bits per heavy atom. The Bertz CT molecular complexity index is 362. The molecule has 1 rings (SSSR count). The van der Waals surface area contributed by atoms with E-state index in [1.165, 1.54) is 0 Å². The quantitative estimate of drug-likeness (QED) is 0.829. The maximum atomic E-state index is 12.0. The highest BCUT2D eigenvalue weighted by atomic mass is 32.2. The largest absolute Gasteiger partial charge is 0.356 e. The smallest absolute Gasteiger partial charge is 0.223 e. The molecule has 0 bridgehead atoms. The third-order valence-electron chi connectivity index (χ3n) is 3.82. The third-order valence-corrected chi connectivity index (χ3v) is 5.54. The molecule has 5 heteroatoms. The van der Waals surface area contributed by atoms with Gasteiger partial charge in [-0.25, -0.2) is 8.42 Å². The van der Waals surface area contributed by atoms with Crippen LogP contribution in [0.4, 0.5) is 0 Å². The lowest BCUT2D eigenvalue weighted by Crippen LogP contribution is -2.38. The summed E-state index contributed by atoms with van der Waals surface area (Å²) in [6.07, 6.45) is 2.21. The molecule has 4 nitrogen and oxygen atoms in total. The first-order valence-electron chi connectivity index (χ1n) is 6.84. The standard InChI is InChI=1S/C13H25NO3S/c1-4-12(10(2)3)13(15)14-9-11-5-7-18(16,17)8-6-11/h10-12H,4-9H2,1-3H3,(H,14,15). The minimum atomic E-state index is -2.80. The first-order valence-corrected chi connectivity index (χ1v) is 8.66. The summed E-state index contributed by atoms with van der Waals surface area (Å²) < 4.78 is 22.6. The molecule has 1 unspecified atom stereocenters. The summed E-state index contributed by atoms with van der Waals surface area (Å²) >= 11 is 0. The van der Waals surface area contributed by atoms with E-state index >= 15 is 0 Å². The van der Waals surface area contributed by atoms with Gasteiger partial charge >= 0.3 is 0 Å². The Morgan fingerprint density at radius 2 is 1.83 bits per heavy atom.